The average molecular weight is 546 g/mol. The fourth-order valence-electron chi connectivity index (χ4n) is 3.35. The number of carboxylic acid groups (broad SMARTS) is 1. The van der Waals surface area contributed by atoms with Gasteiger partial charge in [-0.1, -0.05) is 35.3 Å². The zero-order valence-electron chi connectivity index (χ0n) is 18.8. The normalized spacial score (nSPS) is 11.3. The van der Waals surface area contributed by atoms with Crippen LogP contribution in [0.15, 0.2) is 53.3 Å². The molecule has 0 saturated heterocycles. The lowest BCUT2D eigenvalue weighted by Gasteiger charge is -2.17. The van der Waals surface area contributed by atoms with Gasteiger partial charge in [-0.3, -0.25) is 4.79 Å². The molecule has 0 spiro atoms. The van der Waals surface area contributed by atoms with Gasteiger partial charge in [0.15, 0.2) is 0 Å². The van der Waals surface area contributed by atoms with Gasteiger partial charge in [0.05, 0.1) is 17.3 Å². The first kappa shape index (κ1) is 27.2. The molecule has 1 aromatic heterocycles. The van der Waals surface area contributed by atoms with E-state index in [1.165, 1.54) is 28.8 Å². The lowest BCUT2D eigenvalue weighted by Crippen LogP contribution is -2.26. The number of halogens is 5. The molecular weight excluding hydrogens is 526 g/mol. The predicted molar refractivity (Wildman–Crippen MR) is 126 cm³/mol. The van der Waals surface area contributed by atoms with Crippen LogP contribution in [0.25, 0.3) is 0 Å². The van der Waals surface area contributed by atoms with E-state index in [0.717, 1.165) is 12.1 Å². The Labute approximate surface area is 213 Å². The summed E-state index contributed by atoms with van der Waals surface area (Å²) >= 11 is 12.3. The molecule has 0 aliphatic heterocycles. The average Bonchev–Trinajstić information content (AvgIpc) is 2.79. The molecule has 1 heterocycles. The Bertz CT molecular complexity index is 1310. The van der Waals surface area contributed by atoms with Crippen molar-refractivity contribution in [1.29, 1.82) is 0 Å². The van der Waals surface area contributed by atoms with E-state index >= 15 is 0 Å². The molecule has 0 fully saturated rings. The van der Waals surface area contributed by atoms with E-state index in [1.807, 2.05) is 0 Å². The van der Waals surface area contributed by atoms with Gasteiger partial charge in [-0.2, -0.15) is 0 Å². The van der Waals surface area contributed by atoms with Crippen molar-refractivity contribution >= 4 is 29.2 Å². The van der Waals surface area contributed by atoms with Gasteiger partial charge in [-0.15, -0.1) is 13.2 Å². The molecule has 7 nitrogen and oxygen atoms in total. The van der Waals surface area contributed by atoms with Crippen LogP contribution in [0.2, 0.25) is 10.0 Å². The van der Waals surface area contributed by atoms with Gasteiger partial charge in [0.1, 0.15) is 34.4 Å². The predicted octanol–water partition coefficient (Wildman–Crippen LogP) is 5.97. The van der Waals surface area contributed by atoms with Crippen LogP contribution in [0.3, 0.4) is 0 Å². The van der Waals surface area contributed by atoms with E-state index < -0.39 is 23.6 Å². The topological polar surface area (TPSA) is 87.0 Å². The van der Waals surface area contributed by atoms with Crippen LogP contribution >= 0.6 is 23.2 Å². The first-order chi connectivity index (χ1) is 17.0. The molecule has 0 saturated carbocycles. The number of hydrogen-bond donors (Lipinski definition) is 1. The number of aryl methyl sites for hydroxylation is 1. The number of aromatic carboxylic acids is 1. The zero-order chi connectivity index (χ0) is 26.5. The third kappa shape index (κ3) is 7.08. The summed E-state index contributed by atoms with van der Waals surface area (Å²) in [6, 6.07) is 10.8. The summed E-state index contributed by atoms with van der Waals surface area (Å²) < 4.78 is 53.7. The largest absolute Gasteiger partial charge is 0.573 e. The molecule has 36 heavy (non-hydrogen) atoms. The first-order valence-electron chi connectivity index (χ1n) is 10.5. The fourth-order valence-corrected chi connectivity index (χ4v) is 3.88. The second-order valence-electron chi connectivity index (χ2n) is 7.37. The smallest absolute Gasteiger partial charge is 0.493 e. The molecule has 0 aliphatic rings. The standard InChI is InChI=1S/C24H20Cl2F3NO6/c1-2-34-21-10-14(6-7-17(21)23(32)33)8-9-30-20(18(25)12-19(26)22(30)31)13-35-15-4-3-5-16(11-15)36-24(27,28)29/h3-7,10-12H,2,8-9,13H2,1H3,(H,32,33). The lowest BCUT2D eigenvalue weighted by molar-refractivity contribution is -0.274. The highest BCUT2D eigenvalue weighted by Gasteiger charge is 2.31. The van der Waals surface area contributed by atoms with Crippen molar-refractivity contribution in [2.24, 2.45) is 0 Å². The molecule has 3 rings (SSSR count). The van der Waals surface area contributed by atoms with E-state index in [4.69, 9.17) is 32.7 Å². The molecule has 0 amide bonds. The second kappa shape index (κ2) is 11.6. The van der Waals surface area contributed by atoms with E-state index in [0.29, 0.717) is 12.0 Å². The summed E-state index contributed by atoms with van der Waals surface area (Å²) in [6.45, 7) is 1.85. The van der Waals surface area contributed by atoms with E-state index in [2.05, 4.69) is 4.74 Å². The van der Waals surface area contributed by atoms with Gasteiger partial charge < -0.3 is 23.9 Å². The van der Waals surface area contributed by atoms with Crippen molar-refractivity contribution in [3.63, 3.8) is 0 Å². The first-order valence-corrected chi connectivity index (χ1v) is 11.3. The maximum absolute atomic E-state index is 12.8. The summed E-state index contributed by atoms with van der Waals surface area (Å²) in [5.41, 5.74) is 0.408. The van der Waals surface area contributed by atoms with Crippen molar-refractivity contribution in [2.75, 3.05) is 6.61 Å². The van der Waals surface area contributed by atoms with Crippen LogP contribution in [-0.4, -0.2) is 28.6 Å². The van der Waals surface area contributed by atoms with Crippen molar-refractivity contribution in [3.05, 3.63) is 85.8 Å². The molecule has 192 valence electrons. The maximum Gasteiger partial charge on any atom is 0.573 e. The molecule has 0 bridgehead atoms. The molecule has 0 atom stereocenters. The molecule has 1 N–H and O–H groups in total. The molecule has 2 aromatic carbocycles. The fraction of sp³-hybridized carbons (Fsp3) is 0.250. The quantitative estimate of drug-likeness (QED) is 0.337. The second-order valence-corrected chi connectivity index (χ2v) is 8.19. The Morgan fingerprint density at radius 2 is 1.75 bits per heavy atom. The van der Waals surface area contributed by atoms with Crippen molar-refractivity contribution in [1.82, 2.24) is 4.57 Å². The number of rotatable bonds is 10. The molecule has 0 radical (unpaired) electrons. The zero-order valence-corrected chi connectivity index (χ0v) is 20.3. The van der Waals surface area contributed by atoms with Gasteiger partial charge in [-0.25, -0.2) is 4.79 Å². The maximum atomic E-state index is 12.8. The minimum atomic E-state index is -4.86. The van der Waals surface area contributed by atoms with Crippen LogP contribution in [0, 0.1) is 0 Å². The van der Waals surface area contributed by atoms with Gasteiger partial charge in [0.2, 0.25) is 0 Å². The van der Waals surface area contributed by atoms with Gasteiger partial charge in [0.25, 0.3) is 5.56 Å². The van der Waals surface area contributed by atoms with Crippen LogP contribution < -0.4 is 19.8 Å². The van der Waals surface area contributed by atoms with E-state index in [1.54, 1.807) is 19.1 Å². The minimum absolute atomic E-state index is 0.00869. The summed E-state index contributed by atoms with van der Waals surface area (Å²) in [5, 5.41) is 9.32. The van der Waals surface area contributed by atoms with Gasteiger partial charge >= 0.3 is 12.3 Å². The number of ether oxygens (including phenoxy) is 3. The van der Waals surface area contributed by atoms with Crippen molar-refractivity contribution < 1.29 is 37.3 Å². The summed E-state index contributed by atoms with van der Waals surface area (Å²) in [5.74, 6) is -1.34. The Morgan fingerprint density at radius 1 is 1.03 bits per heavy atom. The van der Waals surface area contributed by atoms with E-state index in [9.17, 15) is 27.9 Å². The minimum Gasteiger partial charge on any atom is -0.493 e. The number of carbonyl (C=O) groups is 1. The highest BCUT2D eigenvalue weighted by molar-refractivity contribution is 6.34. The van der Waals surface area contributed by atoms with Crippen LogP contribution in [0.5, 0.6) is 17.2 Å². The third-order valence-corrected chi connectivity index (χ3v) is 5.52. The Hall–Kier alpha value is -3.37. The Balaban J connectivity index is 1.84. The van der Waals surface area contributed by atoms with Crippen molar-refractivity contribution in [3.8, 4) is 17.2 Å². The summed E-state index contributed by atoms with van der Waals surface area (Å²) in [4.78, 5) is 24.2. The molecular formula is C24H20Cl2F3NO6. The number of hydrogen-bond acceptors (Lipinski definition) is 5. The van der Waals surface area contributed by atoms with Crippen LogP contribution in [0.4, 0.5) is 13.2 Å². The lowest BCUT2D eigenvalue weighted by atomic mass is 10.1. The van der Waals surface area contributed by atoms with Crippen LogP contribution in [0.1, 0.15) is 28.5 Å². The van der Waals surface area contributed by atoms with Crippen molar-refractivity contribution in [2.45, 2.75) is 32.9 Å². The third-order valence-electron chi connectivity index (χ3n) is 4.92. The highest BCUT2D eigenvalue weighted by atomic mass is 35.5. The summed E-state index contributed by atoms with van der Waals surface area (Å²) in [6.07, 6.45) is -4.57. The monoisotopic (exact) mass is 545 g/mol. The Kier molecular flexibility index (Phi) is 8.75. The number of pyridine rings is 1. The molecule has 0 aliphatic carbocycles. The number of aromatic nitrogens is 1. The molecule has 0 unspecified atom stereocenters. The highest BCUT2D eigenvalue weighted by Crippen LogP contribution is 2.28. The number of alkyl halides is 3. The number of carboxylic acids is 1. The number of nitrogens with zero attached hydrogens (tertiary/aromatic N) is 1. The molecule has 3 aromatic rings. The Morgan fingerprint density at radius 3 is 2.42 bits per heavy atom. The number of benzene rings is 2. The van der Waals surface area contributed by atoms with Gasteiger partial charge in [0, 0.05) is 12.6 Å². The summed E-state index contributed by atoms with van der Waals surface area (Å²) in [7, 11) is 0. The van der Waals surface area contributed by atoms with Crippen LogP contribution in [-0.2, 0) is 19.6 Å². The SMILES string of the molecule is CCOc1cc(CCn2c(COc3cccc(OC(F)(F)F)c3)c(Cl)cc(Cl)c2=O)ccc1C(=O)O. The van der Waals surface area contributed by atoms with Gasteiger partial charge in [-0.05, 0) is 49.2 Å². The molecule has 12 heteroatoms. The van der Waals surface area contributed by atoms with E-state index in [-0.39, 0.29) is 52.6 Å².